The molecule has 0 bridgehead atoms. The van der Waals surface area contributed by atoms with Crippen LogP contribution < -0.4 is 0 Å². The Bertz CT molecular complexity index is 820. The average molecular weight is 286 g/mol. The molecule has 1 aromatic carbocycles. The molecule has 3 nitrogen and oxygen atoms in total. The zero-order valence-corrected chi connectivity index (χ0v) is 12.0. The molecule has 102 valence electrons. The lowest BCUT2D eigenvalue weighted by molar-refractivity contribution is 0.491. The van der Waals surface area contributed by atoms with Crippen LogP contribution in [0.15, 0.2) is 69.7 Å². The maximum Gasteiger partial charge on any atom is 0.295 e. The molecule has 0 atom stereocenters. The van der Waals surface area contributed by atoms with Crippen LogP contribution in [0.1, 0.15) is 19.4 Å². The maximum atomic E-state index is 11.6. The normalized spacial score (nSPS) is 18.4. The Morgan fingerprint density at radius 1 is 0.900 bits per heavy atom. The third-order valence-electron chi connectivity index (χ3n) is 3.60. The minimum Gasteiger partial charge on any atom is -0.282 e. The Morgan fingerprint density at radius 2 is 1.50 bits per heavy atom. The van der Waals surface area contributed by atoms with Gasteiger partial charge in [-0.3, -0.25) is 4.55 Å². The van der Waals surface area contributed by atoms with Gasteiger partial charge in [-0.05, 0) is 47.8 Å². The van der Waals surface area contributed by atoms with E-state index in [1.54, 1.807) is 6.92 Å². The van der Waals surface area contributed by atoms with E-state index in [0.717, 1.165) is 22.3 Å². The Morgan fingerprint density at radius 3 is 2.10 bits per heavy atom. The highest BCUT2D eigenvalue weighted by Gasteiger charge is 2.34. The zero-order valence-electron chi connectivity index (χ0n) is 11.2. The van der Waals surface area contributed by atoms with Crippen LogP contribution in [-0.2, 0) is 10.1 Å². The van der Waals surface area contributed by atoms with Crippen LogP contribution in [0.5, 0.6) is 0 Å². The summed E-state index contributed by atoms with van der Waals surface area (Å²) in [5.41, 5.74) is 4.98. The van der Waals surface area contributed by atoms with Crippen molar-refractivity contribution in [3.8, 4) is 0 Å². The first-order chi connectivity index (χ1) is 9.39. The second-order valence-corrected chi connectivity index (χ2v) is 6.39. The lowest BCUT2D eigenvalue weighted by atomic mass is 9.99. The summed E-state index contributed by atoms with van der Waals surface area (Å²) in [6.07, 6.45) is 3.79. The monoisotopic (exact) mass is 286 g/mol. The molecule has 0 spiro atoms. The van der Waals surface area contributed by atoms with E-state index in [4.69, 9.17) is 0 Å². The molecule has 0 aromatic heterocycles. The summed E-state index contributed by atoms with van der Waals surface area (Å²) in [6, 6.07) is 9.82. The molecule has 1 N–H and O–H groups in total. The van der Waals surface area contributed by atoms with Gasteiger partial charge in [0.1, 0.15) is 4.91 Å². The lowest BCUT2D eigenvalue weighted by Gasteiger charge is -2.08. The van der Waals surface area contributed by atoms with Gasteiger partial charge in [-0.15, -0.1) is 0 Å². The van der Waals surface area contributed by atoms with Crippen molar-refractivity contribution in [1.29, 1.82) is 0 Å². The number of hydrogen-bond acceptors (Lipinski definition) is 2. The van der Waals surface area contributed by atoms with Gasteiger partial charge in [-0.25, -0.2) is 0 Å². The molecule has 0 unspecified atom stereocenters. The predicted octanol–water partition coefficient (Wildman–Crippen LogP) is 3.50. The third kappa shape index (κ3) is 1.88. The highest BCUT2D eigenvalue weighted by atomic mass is 32.2. The fraction of sp³-hybridized carbons (Fsp3) is 0.125. The van der Waals surface area contributed by atoms with Gasteiger partial charge in [0.25, 0.3) is 10.1 Å². The number of benzene rings is 1. The molecular formula is C16H14O3S. The van der Waals surface area contributed by atoms with E-state index in [1.165, 1.54) is 0 Å². The van der Waals surface area contributed by atoms with E-state index in [1.807, 2.05) is 49.4 Å². The van der Waals surface area contributed by atoms with E-state index < -0.39 is 10.1 Å². The molecule has 0 amide bonds. The number of allylic oxidation sites excluding steroid dienone is 7. The standard InChI is InChI=1S/C16H14O3S/c1-10-8-13(12-6-4-3-5-7-12)14-9-11(2)16(15(10)14)20(17,18)19/h3-9H,1-2H3,(H,17,18,19). The van der Waals surface area contributed by atoms with Crippen molar-refractivity contribution in [2.24, 2.45) is 0 Å². The van der Waals surface area contributed by atoms with E-state index in [2.05, 4.69) is 0 Å². The van der Waals surface area contributed by atoms with Crippen LogP contribution in [0.3, 0.4) is 0 Å². The lowest BCUT2D eigenvalue weighted by Crippen LogP contribution is -2.04. The van der Waals surface area contributed by atoms with Crippen molar-refractivity contribution in [1.82, 2.24) is 0 Å². The number of hydrogen-bond donors (Lipinski definition) is 1. The van der Waals surface area contributed by atoms with Crippen molar-refractivity contribution in [3.05, 3.63) is 75.2 Å². The van der Waals surface area contributed by atoms with Crippen LogP contribution in [0.25, 0.3) is 5.57 Å². The fourth-order valence-corrected chi connectivity index (χ4v) is 3.83. The van der Waals surface area contributed by atoms with Crippen molar-refractivity contribution < 1.29 is 13.0 Å². The van der Waals surface area contributed by atoms with Crippen LogP contribution in [0.4, 0.5) is 0 Å². The summed E-state index contributed by atoms with van der Waals surface area (Å²) < 4.78 is 32.6. The smallest absolute Gasteiger partial charge is 0.282 e. The minimum atomic E-state index is -4.21. The van der Waals surface area contributed by atoms with Crippen LogP contribution >= 0.6 is 0 Å². The highest BCUT2D eigenvalue weighted by Crippen LogP contribution is 2.47. The first-order valence-electron chi connectivity index (χ1n) is 6.29. The van der Waals surface area contributed by atoms with Crippen molar-refractivity contribution >= 4 is 15.7 Å². The Balaban J connectivity index is 2.14. The summed E-state index contributed by atoms with van der Waals surface area (Å²) >= 11 is 0. The summed E-state index contributed by atoms with van der Waals surface area (Å²) in [4.78, 5) is 0.0344. The van der Waals surface area contributed by atoms with Crippen LogP contribution in [-0.4, -0.2) is 13.0 Å². The molecule has 0 saturated carbocycles. The molecular weight excluding hydrogens is 272 g/mol. The van der Waals surface area contributed by atoms with Crippen molar-refractivity contribution in [2.45, 2.75) is 13.8 Å². The first kappa shape index (κ1) is 13.1. The predicted molar refractivity (Wildman–Crippen MR) is 79.5 cm³/mol. The van der Waals surface area contributed by atoms with Crippen LogP contribution in [0, 0.1) is 0 Å². The molecule has 3 rings (SSSR count). The van der Waals surface area contributed by atoms with Gasteiger partial charge < -0.3 is 0 Å². The third-order valence-corrected chi connectivity index (χ3v) is 4.65. The number of rotatable bonds is 2. The second-order valence-electron chi connectivity index (χ2n) is 5.03. The summed E-state index contributed by atoms with van der Waals surface area (Å²) in [5.74, 6) is 0. The molecule has 1 aromatic rings. The Labute approximate surface area is 118 Å². The van der Waals surface area contributed by atoms with Crippen LogP contribution in [0.2, 0.25) is 0 Å². The van der Waals surface area contributed by atoms with Gasteiger partial charge in [-0.1, -0.05) is 36.4 Å². The highest BCUT2D eigenvalue weighted by molar-refractivity contribution is 7.90. The Kier molecular flexibility index (Phi) is 2.81. The van der Waals surface area contributed by atoms with Gasteiger partial charge in [0.2, 0.25) is 0 Å². The van der Waals surface area contributed by atoms with Gasteiger partial charge >= 0.3 is 0 Å². The summed E-state index contributed by atoms with van der Waals surface area (Å²) in [6.45, 7) is 3.57. The van der Waals surface area contributed by atoms with E-state index in [9.17, 15) is 13.0 Å². The first-order valence-corrected chi connectivity index (χ1v) is 7.73. The van der Waals surface area contributed by atoms with E-state index in [-0.39, 0.29) is 4.91 Å². The van der Waals surface area contributed by atoms with Gasteiger partial charge in [0, 0.05) is 5.57 Å². The fourth-order valence-electron chi connectivity index (χ4n) is 2.83. The molecule has 20 heavy (non-hydrogen) atoms. The summed E-state index contributed by atoms with van der Waals surface area (Å²) in [7, 11) is -4.21. The van der Waals surface area contributed by atoms with Crippen molar-refractivity contribution in [2.75, 3.05) is 0 Å². The van der Waals surface area contributed by atoms with Gasteiger partial charge in [0.05, 0.1) is 0 Å². The molecule has 4 heteroatoms. The Hall–Kier alpha value is -1.91. The maximum absolute atomic E-state index is 11.6. The number of fused-ring (bicyclic) bond motifs is 1. The SMILES string of the molecule is CC1=C2C(=CC(C)=C2S(=O)(=O)O)C(c2ccccc2)=C1. The quantitative estimate of drug-likeness (QED) is 0.847. The molecule has 0 aliphatic heterocycles. The van der Waals surface area contributed by atoms with Gasteiger partial charge in [0.15, 0.2) is 0 Å². The zero-order chi connectivity index (χ0) is 14.5. The average Bonchev–Trinajstić information content (AvgIpc) is 2.87. The van der Waals surface area contributed by atoms with Crippen molar-refractivity contribution in [3.63, 3.8) is 0 Å². The van der Waals surface area contributed by atoms with Gasteiger partial charge in [-0.2, -0.15) is 8.42 Å². The van der Waals surface area contributed by atoms with E-state index >= 15 is 0 Å². The largest absolute Gasteiger partial charge is 0.295 e. The topological polar surface area (TPSA) is 54.4 Å². The molecule has 2 aliphatic rings. The molecule has 0 heterocycles. The minimum absolute atomic E-state index is 0.0344. The molecule has 0 saturated heterocycles. The molecule has 0 fully saturated rings. The second kappa shape index (κ2) is 4.30. The van der Waals surface area contributed by atoms with E-state index in [0.29, 0.717) is 11.1 Å². The molecule has 0 radical (unpaired) electrons. The summed E-state index contributed by atoms with van der Waals surface area (Å²) in [5, 5.41) is 0. The molecule has 2 aliphatic carbocycles.